The lowest BCUT2D eigenvalue weighted by Gasteiger charge is -2.10. The number of nitrogens with zero attached hydrogens (tertiary/aromatic N) is 4. The fraction of sp³-hybridized carbons (Fsp3) is 0.143. The van der Waals surface area contributed by atoms with E-state index in [0.717, 1.165) is 50.3 Å². The highest BCUT2D eigenvalue weighted by Crippen LogP contribution is 2.29. The number of hydrogen-bond donors (Lipinski definition) is 3. The maximum Gasteiger partial charge on any atom is 0.135 e. The normalized spacial score (nSPS) is 11.5. The van der Waals surface area contributed by atoms with Crippen molar-refractivity contribution in [1.82, 2.24) is 30.1 Å². The molecule has 5 aromatic heterocycles. The van der Waals surface area contributed by atoms with Gasteiger partial charge in [0.05, 0.1) is 34.3 Å². The minimum atomic E-state index is 0.337. The molecule has 5 heterocycles. The summed E-state index contributed by atoms with van der Waals surface area (Å²) in [7, 11) is 0. The van der Waals surface area contributed by atoms with E-state index in [0.29, 0.717) is 6.04 Å². The predicted molar refractivity (Wildman–Crippen MR) is 111 cm³/mol. The van der Waals surface area contributed by atoms with Crippen molar-refractivity contribution in [3.63, 3.8) is 0 Å². The van der Waals surface area contributed by atoms with Gasteiger partial charge in [0.1, 0.15) is 11.2 Å². The highest BCUT2D eigenvalue weighted by molar-refractivity contribution is 5.94. The summed E-state index contributed by atoms with van der Waals surface area (Å²) < 4.78 is 0. The maximum absolute atomic E-state index is 4.88. The second kappa shape index (κ2) is 6.45. The third kappa shape index (κ3) is 2.87. The van der Waals surface area contributed by atoms with Gasteiger partial charge >= 0.3 is 0 Å². The van der Waals surface area contributed by atoms with E-state index in [-0.39, 0.29) is 0 Å². The van der Waals surface area contributed by atoms with Crippen LogP contribution in [0.1, 0.15) is 13.8 Å². The van der Waals surface area contributed by atoms with Crippen molar-refractivity contribution in [2.45, 2.75) is 19.9 Å². The van der Waals surface area contributed by atoms with Crippen LogP contribution in [0.3, 0.4) is 0 Å². The largest absolute Gasteiger partial charge is 0.382 e. The Morgan fingerprint density at radius 2 is 1.89 bits per heavy atom. The van der Waals surface area contributed by atoms with Crippen LogP contribution in [0.4, 0.5) is 5.69 Å². The van der Waals surface area contributed by atoms with Gasteiger partial charge < -0.3 is 10.3 Å². The van der Waals surface area contributed by atoms with Crippen LogP contribution < -0.4 is 5.32 Å². The Balaban J connectivity index is 1.60. The summed E-state index contributed by atoms with van der Waals surface area (Å²) in [6.45, 7) is 4.20. The summed E-state index contributed by atoms with van der Waals surface area (Å²) >= 11 is 0. The predicted octanol–water partition coefficient (Wildman–Crippen LogP) is 4.38. The molecule has 5 aromatic rings. The quantitative estimate of drug-likeness (QED) is 0.437. The molecule has 0 unspecified atom stereocenters. The molecule has 0 spiro atoms. The summed E-state index contributed by atoms with van der Waals surface area (Å²) in [6.07, 6.45) is 7.24. The van der Waals surface area contributed by atoms with Crippen LogP contribution in [0.15, 0.2) is 55.1 Å². The van der Waals surface area contributed by atoms with Crippen molar-refractivity contribution >= 4 is 27.6 Å². The molecular formula is C21H19N7. The van der Waals surface area contributed by atoms with Gasteiger partial charge in [-0.15, -0.1) is 0 Å². The highest BCUT2D eigenvalue weighted by Gasteiger charge is 2.14. The van der Waals surface area contributed by atoms with E-state index < -0.39 is 0 Å². The van der Waals surface area contributed by atoms with Crippen molar-refractivity contribution in [3.05, 3.63) is 55.1 Å². The van der Waals surface area contributed by atoms with Gasteiger partial charge in [0, 0.05) is 35.6 Å². The first-order valence-electron chi connectivity index (χ1n) is 9.17. The average Bonchev–Trinajstić information content (AvgIpc) is 3.30. The Labute approximate surface area is 161 Å². The lowest BCUT2D eigenvalue weighted by Crippen LogP contribution is -2.09. The van der Waals surface area contributed by atoms with E-state index in [9.17, 15) is 0 Å². The van der Waals surface area contributed by atoms with E-state index in [4.69, 9.17) is 4.98 Å². The maximum atomic E-state index is 4.88. The second-order valence-corrected chi connectivity index (χ2v) is 7.07. The molecule has 7 nitrogen and oxygen atoms in total. The second-order valence-electron chi connectivity index (χ2n) is 7.07. The molecule has 0 aromatic carbocycles. The highest BCUT2D eigenvalue weighted by atomic mass is 15.1. The van der Waals surface area contributed by atoms with Crippen molar-refractivity contribution in [2.24, 2.45) is 0 Å². The Morgan fingerprint density at radius 1 is 0.964 bits per heavy atom. The molecule has 0 saturated heterocycles. The summed E-state index contributed by atoms with van der Waals surface area (Å²) in [5.41, 5.74) is 7.17. The molecule has 5 rings (SSSR count). The summed E-state index contributed by atoms with van der Waals surface area (Å²) in [5, 5.41) is 12.0. The zero-order chi connectivity index (χ0) is 19.1. The molecule has 0 aliphatic heterocycles. The average molecular weight is 369 g/mol. The molecule has 7 heteroatoms. The fourth-order valence-electron chi connectivity index (χ4n) is 3.34. The number of H-pyrrole nitrogens is 2. The number of nitrogens with one attached hydrogen (secondary N) is 3. The topological polar surface area (TPSA) is 95.2 Å². The standard InChI is InChI=1S/C21H19N7/c1-12(2)24-15-7-14(9-23-10-15)16-3-4-17-20(26-16)21(28-27-17)18-8-13-5-6-22-11-19(13)25-18/h3-12,24-25H,1-2H3,(H,27,28). The molecule has 0 fully saturated rings. The third-order valence-electron chi connectivity index (χ3n) is 4.58. The summed E-state index contributed by atoms with van der Waals surface area (Å²) in [5.74, 6) is 0. The zero-order valence-corrected chi connectivity index (χ0v) is 15.6. The molecule has 138 valence electrons. The number of hydrogen-bond acceptors (Lipinski definition) is 5. The number of fused-ring (bicyclic) bond motifs is 2. The van der Waals surface area contributed by atoms with Gasteiger partial charge in [0.25, 0.3) is 0 Å². The Bertz CT molecular complexity index is 1250. The van der Waals surface area contributed by atoms with Gasteiger partial charge in [0.15, 0.2) is 0 Å². The number of anilines is 1. The van der Waals surface area contributed by atoms with Gasteiger partial charge in [-0.1, -0.05) is 0 Å². The first-order chi connectivity index (χ1) is 13.7. The minimum Gasteiger partial charge on any atom is -0.382 e. The van der Waals surface area contributed by atoms with E-state index >= 15 is 0 Å². The van der Waals surface area contributed by atoms with Gasteiger partial charge in [-0.05, 0) is 44.2 Å². The Hall–Kier alpha value is -3.74. The Morgan fingerprint density at radius 3 is 2.75 bits per heavy atom. The van der Waals surface area contributed by atoms with Gasteiger partial charge in [-0.3, -0.25) is 15.1 Å². The van der Waals surface area contributed by atoms with Crippen LogP contribution >= 0.6 is 0 Å². The lowest BCUT2D eigenvalue weighted by atomic mass is 10.1. The summed E-state index contributed by atoms with van der Waals surface area (Å²) in [6, 6.07) is 10.4. The van der Waals surface area contributed by atoms with Crippen LogP contribution in [-0.4, -0.2) is 36.2 Å². The SMILES string of the molecule is CC(C)Nc1cncc(-c2ccc3[nH]nc(-c4cc5ccncc5[nH]4)c3n2)c1. The zero-order valence-electron chi connectivity index (χ0n) is 15.6. The molecule has 28 heavy (non-hydrogen) atoms. The monoisotopic (exact) mass is 369 g/mol. The van der Waals surface area contributed by atoms with Crippen molar-refractivity contribution in [1.29, 1.82) is 0 Å². The van der Waals surface area contributed by atoms with Crippen molar-refractivity contribution in [2.75, 3.05) is 5.32 Å². The number of pyridine rings is 3. The lowest BCUT2D eigenvalue weighted by molar-refractivity contribution is 0.898. The minimum absolute atomic E-state index is 0.337. The fourth-order valence-corrected chi connectivity index (χ4v) is 3.34. The molecule has 0 radical (unpaired) electrons. The Kier molecular flexibility index (Phi) is 3.79. The van der Waals surface area contributed by atoms with E-state index in [1.54, 1.807) is 6.20 Å². The van der Waals surface area contributed by atoms with Crippen molar-refractivity contribution < 1.29 is 0 Å². The van der Waals surface area contributed by atoms with Crippen LogP contribution in [0.25, 0.3) is 44.6 Å². The third-order valence-corrected chi connectivity index (χ3v) is 4.58. The molecular weight excluding hydrogens is 350 g/mol. The molecule has 0 amide bonds. The molecule has 0 aliphatic carbocycles. The van der Waals surface area contributed by atoms with E-state index in [2.05, 4.69) is 56.4 Å². The molecule has 3 N–H and O–H groups in total. The molecule has 0 aliphatic rings. The molecule has 0 saturated carbocycles. The first kappa shape index (κ1) is 16.4. The van der Waals surface area contributed by atoms with Gasteiger partial charge in [-0.25, -0.2) is 4.98 Å². The first-order valence-corrected chi connectivity index (χ1v) is 9.17. The van der Waals surface area contributed by atoms with Crippen LogP contribution in [-0.2, 0) is 0 Å². The van der Waals surface area contributed by atoms with E-state index in [1.165, 1.54) is 0 Å². The van der Waals surface area contributed by atoms with Crippen molar-refractivity contribution in [3.8, 4) is 22.6 Å². The van der Waals surface area contributed by atoms with E-state index in [1.807, 2.05) is 36.8 Å². The van der Waals surface area contributed by atoms with Gasteiger partial charge in [0.2, 0.25) is 0 Å². The molecule has 0 atom stereocenters. The van der Waals surface area contributed by atoms with Crippen LogP contribution in [0, 0.1) is 0 Å². The summed E-state index contributed by atoms with van der Waals surface area (Å²) in [4.78, 5) is 16.8. The van der Waals surface area contributed by atoms with Crippen LogP contribution in [0.2, 0.25) is 0 Å². The number of aromatic amines is 2. The molecule has 0 bridgehead atoms. The number of rotatable bonds is 4. The van der Waals surface area contributed by atoms with Crippen LogP contribution in [0.5, 0.6) is 0 Å². The smallest absolute Gasteiger partial charge is 0.135 e. The number of aromatic nitrogens is 6. The van der Waals surface area contributed by atoms with Gasteiger partial charge in [-0.2, -0.15) is 5.10 Å².